The van der Waals surface area contributed by atoms with Gasteiger partial charge in [0.05, 0.1) is 11.9 Å². The van der Waals surface area contributed by atoms with E-state index in [1.165, 1.54) is 0 Å². The number of carbonyl (C=O) groups excluding carboxylic acids is 1. The maximum absolute atomic E-state index is 12.0. The van der Waals surface area contributed by atoms with Crippen LogP contribution in [0.15, 0.2) is 41.1 Å². The summed E-state index contributed by atoms with van der Waals surface area (Å²) in [7, 11) is 0. The molecule has 2 rings (SSSR count). The third-order valence-electron chi connectivity index (χ3n) is 2.55. The number of hydrogen-bond donors (Lipinski definition) is 2. The van der Waals surface area contributed by atoms with E-state index in [1.807, 2.05) is 13.0 Å². The number of halogens is 1. The Morgan fingerprint density at radius 2 is 2.17 bits per heavy atom. The topological polar surface area (TPSA) is 68.0 Å². The predicted octanol–water partition coefficient (Wildman–Crippen LogP) is 2.99. The third-order valence-corrected chi connectivity index (χ3v) is 3.27. The Kier molecular flexibility index (Phi) is 3.62. The molecule has 5 heteroatoms. The molecule has 0 atom stereocenters. The fourth-order valence-corrected chi connectivity index (χ4v) is 1.72. The summed E-state index contributed by atoms with van der Waals surface area (Å²) >= 11 is 3.29. The van der Waals surface area contributed by atoms with Gasteiger partial charge in [0.2, 0.25) is 0 Å². The first kappa shape index (κ1) is 12.6. The Hall–Kier alpha value is -1.88. The van der Waals surface area contributed by atoms with Gasteiger partial charge in [-0.2, -0.15) is 0 Å². The number of hydrogen-bond acceptors (Lipinski definition) is 3. The van der Waals surface area contributed by atoms with Crippen molar-refractivity contribution in [3.63, 3.8) is 0 Å². The summed E-state index contributed by atoms with van der Waals surface area (Å²) in [6.45, 7) is 1.91. The van der Waals surface area contributed by atoms with Gasteiger partial charge in [-0.1, -0.05) is 0 Å². The lowest BCUT2D eigenvalue weighted by Crippen LogP contribution is -2.13. The van der Waals surface area contributed by atoms with Gasteiger partial charge in [-0.05, 0) is 52.7 Å². The Morgan fingerprint density at radius 3 is 2.83 bits per heavy atom. The molecule has 4 nitrogen and oxygen atoms in total. The Labute approximate surface area is 113 Å². The van der Waals surface area contributed by atoms with Gasteiger partial charge in [-0.15, -0.1) is 0 Å². The van der Waals surface area contributed by atoms with Crippen LogP contribution in [-0.4, -0.2) is 10.9 Å². The van der Waals surface area contributed by atoms with Crippen LogP contribution in [-0.2, 0) is 0 Å². The molecule has 0 spiro atoms. The van der Waals surface area contributed by atoms with Crippen LogP contribution in [0.1, 0.15) is 15.9 Å². The first-order valence-electron chi connectivity index (χ1n) is 5.35. The van der Waals surface area contributed by atoms with Crippen LogP contribution < -0.4 is 11.1 Å². The maximum atomic E-state index is 12.0. The van der Waals surface area contributed by atoms with Crippen molar-refractivity contribution >= 4 is 33.2 Å². The highest BCUT2D eigenvalue weighted by atomic mass is 79.9. The lowest BCUT2D eigenvalue weighted by atomic mass is 10.2. The molecule has 2 aromatic rings. The number of amides is 1. The molecular formula is C13H12BrN3O. The monoisotopic (exact) mass is 305 g/mol. The Morgan fingerprint density at radius 1 is 1.39 bits per heavy atom. The highest BCUT2D eigenvalue weighted by Gasteiger charge is 2.09. The van der Waals surface area contributed by atoms with Crippen molar-refractivity contribution in [1.29, 1.82) is 0 Å². The minimum absolute atomic E-state index is 0.203. The third kappa shape index (κ3) is 2.68. The van der Waals surface area contributed by atoms with Crippen LogP contribution in [0.2, 0.25) is 0 Å². The summed E-state index contributed by atoms with van der Waals surface area (Å²) in [5, 5.41) is 2.80. The van der Waals surface area contributed by atoms with Crippen LogP contribution in [0.25, 0.3) is 0 Å². The SMILES string of the molecule is Cc1ccncc1NC(=O)c1ccc(Br)c(N)c1. The number of nitrogens with zero attached hydrogens (tertiary/aromatic N) is 1. The van der Waals surface area contributed by atoms with Gasteiger partial charge < -0.3 is 11.1 Å². The number of carbonyl (C=O) groups is 1. The summed E-state index contributed by atoms with van der Waals surface area (Å²) in [6.07, 6.45) is 3.30. The summed E-state index contributed by atoms with van der Waals surface area (Å²) in [5.74, 6) is -0.203. The zero-order valence-electron chi connectivity index (χ0n) is 9.77. The maximum Gasteiger partial charge on any atom is 0.255 e. The number of nitrogens with one attached hydrogen (secondary N) is 1. The van der Waals surface area contributed by atoms with Crippen molar-refractivity contribution in [3.8, 4) is 0 Å². The minimum atomic E-state index is -0.203. The van der Waals surface area contributed by atoms with E-state index in [0.717, 1.165) is 10.0 Å². The molecule has 0 aliphatic heterocycles. The highest BCUT2D eigenvalue weighted by molar-refractivity contribution is 9.10. The van der Waals surface area contributed by atoms with Crippen molar-refractivity contribution in [2.24, 2.45) is 0 Å². The van der Waals surface area contributed by atoms with Gasteiger partial charge >= 0.3 is 0 Å². The second kappa shape index (κ2) is 5.18. The van der Waals surface area contributed by atoms with E-state index in [4.69, 9.17) is 5.73 Å². The van der Waals surface area contributed by atoms with Gasteiger partial charge in [-0.25, -0.2) is 0 Å². The summed E-state index contributed by atoms with van der Waals surface area (Å²) in [5.41, 5.74) is 8.45. The number of nitrogens with two attached hydrogens (primary N) is 1. The molecule has 0 saturated carbocycles. The predicted molar refractivity (Wildman–Crippen MR) is 75.5 cm³/mol. The lowest BCUT2D eigenvalue weighted by Gasteiger charge is -2.08. The lowest BCUT2D eigenvalue weighted by molar-refractivity contribution is 0.102. The zero-order valence-corrected chi connectivity index (χ0v) is 11.4. The number of benzene rings is 1. The average molecular weight is 306 g/mol. The van der Waals surface area contributed by atoms with Crippen molar-refractivity contribution in [1.82, 2.24) is 4.98 Å². The van der Waals surface area contributed by atoms with Crippen LogP contribution in [0.4, 0.5) is 11.4 Å². The van der Waals surface area contributed by atoms with E-state index in [9.17, 15) is 4.79 Å². The number of rotatable bonds is 2. The summed E-state index contributed by atoms with van der Waals surface area (Å²) < 4.78 is 0.775. The molecule has 0 aliphatic carbocycles. The molecule has 18 heavy (non-hydrogen) atoms. The zero-order chi connectivity index (χ0) is 13.1. The van der Waals surface area contributed by atoms with Gasteiger partial charge in [-0.3, -0.25) is 9.78 Å². The second-order valence-electron chi connectivity index (χ2n) is 3.88. The summed E-state index contributed by atoms with van der Waals surface area (Å²) in [4.78, 5) is 16.0. The van der Waals surface area contributed by atoms with E-state index >= 15 is 0 Å². The molecule has 0 bridgehead atoms. The van der Waals surface area contributed by atoms with E-state index < -0.39 is 0 Å². The first-order valence-corrected chi connectivity index (χ1v) is 6.14. The van der Waals surface area contributed by atoms with E-state index in [-0.39, 0.29) is 5.91 Å². The van der Waals surface area contributed by atoms with Crippen molar-refractivity contribution in [2.75, 3.05) is 11.1 Å². The van der Waals surface area contributed by atoms with Crippen molar-refractivity contribution in [3.05, 3.63) is 52.3 Å². The van der Waals surface area contributed by atoms with Crippen LogP contribution in [0.5, 0.6) is 0 Å². The fraction of sp³-hybridized carbons (Fsp3) is 0.0769. The second-order valence-corrected chi connectivity index (χ2v) is 4.74. The normalized spacial score (nSPS) is 10.1. The molecule has 3 N–H and O–H groups in total. The van der Waals surface area contributed by atoms with Gasteiger partial charge in [0.1, 0.15) is 0 Å². The van der Waals surface area contributed by atoms with E-state index in [0.29, 0.717) is 16.9 Å². The largest absolute Gasteiger partial charge is 0.398 e. The average Bonchev–Trinajstić information content (AvgIpc) is 2.35. The van der Waals surface area contributed by atoms with Gasteiger partial charge in [0.15, 0.2) is 0 Å². The molecule has 1 amide bonds. The van der Waals surface area contributed by atoms with Crippen molar-refractivity contribution < 1.29 is 4.79 Å². The quantitative estimate of drug-likeness (QED) is 0.838. The van der Waals surface area contributed by atoms with Crippen LogP contribution >= 0.6 is 15.9 Å². The number of nitrogen functional groups attached to an aromatic ring is 1. The smallest absolute Gasteiger partial charge is 0.255 e. The van der Waals surface area contributed by atoms with E-state index in [1.54, 1.807) is 30.6 Å². The number of aryl methyl sites for hydroxylation is 1. The summed E-state index contributed by atoms with van der Waals surface area (Å²) in [6, 6.07) is 6.93. The van der Waals surface area contributed by atoms with E-state index in [2.05, 4.69) is 26.2 Å². The molecule has 1 heterocycles. The van der Waals surface area contributed by atoms with Crippen molar-refractivity contribution in [2.45, 2.75) is 6.92 Å². The molecule has 0 aliphatic rings. The molecule has 0 saturated heterocycles. The van der Waals surface area contributed by atoms with Crippen LogP contribution in [0.3, 0.4) is 0 Å². The molecule has 92 valence electrons. The minimum Gasteiger partial charge on any atom is -0.398 e. The van der Waals surface area contributed by atoms with Gasteiger partial charge in [0, 0.05) is 21.9 Å². The molecule has 0 radical (unpaired) electrons. The standard InChI is InChI=1S/C13H12BrN3O/c1-8-4-5-16-7-12(8)17-13(18)9-2-3-10(14)11(15)6-9/h2-7H,15H2,1H3,(H,17,18). The highest BCUT2D eigenvalue weighted by Crippen LogP contribution is 2.21. The molecule has 0 fully saturated rings. The van der Waals surface area contributed by atoms with Gasteiger partial charge in [0.25, 0.3) is 5.91 Å². The molecule has 1 aromatic heterocycles. The number of pyridine rings is 1. The van der Waals surface area contributed by atoms with Crippen LogP contribution in [0, 0.1) is 6.92 Å². The Balaban J connectivity index is 2.22. The number of aromatic nitrogens is 1. The fourth-order valence-electron chi connectivity index (χ4n) is 1.47. The first-order chi connectivity index (χ1) is 8.58. The molecule has 1 aromatic carbocycles. The Bertz CT molecular complexity index is 599. The molecular weight excluding hydrogens is 294 g/mol. The number of anilines is 2. The molecule has 0 unspecified atom stereocenters.